The first-order valence-electron chi connectivity index (χ1n) is 10.8. The molecule has 5 nitrogen and oxygen atoms in total. The Morgan fingerprint density at radius 2 is 1.55 bits per heavy atom. The predicted octanol–water partition coefficient (Wildman–Crippen LogP) is 5.16. The van der Waals surface area contributed by atoms with Gasteiger partial charge < -0.3 is 14.6 Å². The standard InChI is InChI=1S/C27H27N3O2S/c1-30-18-17-28-27(30)25(20-13-15-23(32-2)16-14-20)29-24(31)19-33-26(21-9-5-3-6-10-21)22-11-7-4-8-12-22/h3-18,25-26H,19H2,1-2H3,(H,29,31). The van der Waals surface area contributed by atoms with Gasteiger partial charge in [0.15, 0.2) is 0 Å². The maximum absolute atomic E-state index is 13.1. The van der Waals surface area contributed by atoms with Crippen molar-refractivity contribution in [1.82, 2.24) is 14.9 Å². The van der Waals surface area contributed by atoms with E-state index in [4.69, 9.17) is 4.74 Å². The second-order valence-corrected chi connectivity index (χ2v) is 8.78. The van der Waals surface area contributed by atoms with E-state index in [0.717, 1.165) is 17.1 Å². The second kappa shape index (κ2) is 10.9. The Morgan fingerprint density at radius 3 is 2.06 bits per heavy atom. The van der Waals surface area contributed by atoms with Crippen molar-refractivity contribution in [3.05, 3.63) is 120 Å². The molecular formula is C27H27N3O2S. The number of carbonyl (C=O) groups is 1. The minimum Gasteiger partial charge on any atom is -0.497 e. The van der Waals surface area contributed by atoms with Crippen molar-refractivity contribution in [3.8, 4) is 5.75 Å². The van der Waals surface area contributed by atoms with Gasteiger partial charge in [-0.15, -0.1) is 11.8 Å². The van der Waals surface area contributed by atoms with E-state index in [1.807, 2.05) is 78.5 Å². The monoisotopic (exact) mass is 457 g/mol. The van der Waals surface area contributed by atoms with E-state index in [-0.39, 0.29) is 17.2 Å². The number of methoxy groups -OCH3 is 1. The summed E-state index contributed by atoms with van der Waals surface area (Å²) in [6.45, 7) is 0. The first-order valence-corrected chi connectivity index (χ1v) is 11.8. The van der Waals surface area contributed by atoms with Crippen molar-refractivity contribution in [3.63, 3.8) is 0 Å². The molecule has 4 aromatic rings. The summed E-state index contributed by atoms with van der Waals surface area (Å²) in [5.41, 5.74) is 3.31. The third kappa shape index (κ3) is 5.65. The van der Waals surface area contributed by atoms with Crippen LogP contribution in [0.4, 0.5) is 0 Å². The molecule has 4 rings (SSSR count). The molecule has 1 N–H and O–H groups in total. The first-order chi connectivity index (χ1) is 16.2. The topological polar surface area (TPSA) is 56.1 Å². The summed E-state index contributed by atoms with van der Waals surface area (Å²) in [7, 11) is 3.57. The zero-order valence-electron chi connectivity index (χ0n) is 18.7. The Balaban J connectivity index is 1.52. The van der Waals surface area contributed by atoms with Crippen molar-refractivity contribution in [2.24, 2.45) is 7.05 Å². The fraction of sp³-hybridized carbons (Fsp3) is 0.185. The van der Waals surface area contributed by atoms with Crippen molar-refractivity contribution >= 4 is 17.7 Å². The van der Waals surface area contributed by atoms with Gasteiger partial charge in [0.1, 0.15) is 17.6 Å². The minimum atomic E-state index is -0.351. The molecule has 0 spiro atoms. The molecule has 33 heavy (non-hydrogen) atoms. The molecule has 1 heterocycles. The van der Waals surface area contributed by atoms with Crippen molar-refractivity contribution in [2.45, 2.75) is 11.3 Å². The number of ether oxygens (including phenoxy) is 1. The van der Waals surface area contributed by atoms with Gasteiger partial charge in [-0.05, 0) is 28.8 Å². The molecule has 1 atom stereocenters. The van der Waals surface area contributed by atoms with E-state index in [0.29, 0.717) is 5.75 Å². The molecule has 0 aliphatic heterocycles. The van der Waals surface area contributed by atoms with Crippen LogP contribution in [-0.4, -0.2) is 28.3 Å². The number of imidazole rings is 1. The number of hydrogen-bond donors (Lipinski definition) is 1. The van der Waals surface area contributed by atoms with Crippen LogP contribution in [0.2, 0.25) is 0 Å². The Labute approximate surface area is 198 Å². The van der Waals surface area contributed by atoms with Crippen LogP contribution in [0.1, 0.15) is 33.8 Å². The molecule has 0 fully saturated rings. The van der Waals surface area contributed by atoms with Crippen LogP contribution in [0.5, 0.6) is 5.75 Å². The van der Waals surface area contributed by atoms with Crippen LogP contribution >= 0.6 is 11.8 Å². The summed E-state index contributed by atoms with van der Waals surface area (Å²) >= 11 is 1.62. The van der Waals surface area contributed by atoms with Gasteiger partial charge in [0.05, 0.1) is 18.1 Å². The summed E-state index contributed by atoms with van der Waals surface area (Å²) in [5.74, 6) is 1.83. The van der Waals surface area contributed by atoms with Crippen molar-refractivity contribution in [1.29, 1.82) is 0 Å². The molecule has 0 aliphatic carbocycles. The lowest BCUT2D eigenvalue weighted by Gasteiger charge is -2.21. The number of aryl methyl sites for hydroxylation is 1. The molecule has 0 saturated carbocycles. The number of thioether (sulfide) groups is 1. The highest BCUT2D eigenvalue weighted by molar-refractivity contribution is 8.00. The molecule has 168 valence electrons. The average Bonchev–Trinajstić information content (AvgIpc) is 3.29. The van der Waals surface area contributed by atoms with Gasteiger partial charge in [0, 0.05) is 19.4 Å². The fourth-order valence-electron chi connectivity index (χ4n) is 3.75. The number of benzene rings is 3. The normalized spacial score (nSPS) is 11.8. The molecule has 0 aliphatic rings. The summed E-state index contributed by atoms with van der Waals surface area (Å²) < 4.78 is 7.21. The highest BCUT2D eigenvalue weighted by atomic mass is 32.2. The lowest BCUT2D eigenvalue weighted by molar-refractivity contribution is -0.119. The highest BCUT2D eigenvalue weighted by Crippen LogP contribution is 2.35. The summed E-state index contributed by atoms with van der Waals surface area (Å²) in [6, 6.07) is 27.9. The molecular weight excluding hydrogens is 430 g/mol. The summed E-state index contributed by atoms with van der Waals surface area (Å²) in [6.07, 6.45) is 3.63. The summed E-state index contributed by atoms with van der Waals surface area (Å²) in [5, 5.41) is 3.26. The smallest absolute Gasteiger partial charge is 0.230 e. The van der Waals surface area contributed by atoms with Crippen LogP contribution in [0.25, 0.3) is 0 Å². The van der Waals surface area contributed by atoms with Crippen LogP contribution in [0, 0.1) is 0 Å². The van der Waals surface area contributed by atoms with Gasteiger partial charge in [0.2, 0.25) is 5.91 Å². The minimum absolute atomic E-state index is 0.0410. The van der Waals surface area contributed by atoms with Crippen molar-refractivity contribution < 1.29 is 9.53 Å². The number of nitrogens with zero attached hydrogens (tertiary/aromatic N) is 2. The van der Waals surface area contributed by atoms with Gasteiger partial charge in [-0.3, -0.25) is 4.79 Å². The van der Waals surface area contributed by atoms with E-state index in [9.17, 15) is 4.79 Å². The molecule has 1 amide bonds. The third-order valence-electron chi connectivity index (χ3n) is 5.46. The third-order valence-corrected chi connectivity index (χ3v) is 6.76. The molecule has 0 saturated heterocycles. The lowest BCUT2D eigenvalue weighted by atomic mass is 10.0. The van der Waals surface area contributed by atoms with E-state index in [2.05, 4.69) is 34.6 Å². The molecule has 1 unspecified atom stereocenters. The average molecular weight is 458 g/mol. The zero-order valence-corrected chi connectivity index (χ0v) is 19.5. The van der Waals surface area contributed by atoms with Crippen LogP contribution in [0.3, 0.4) is 0 Å². The SMILES string of the molecule is COc1ccc(C(NC(=O)CSC(c2ccccc2)c2ccccc2)c2nccn2C)cc1. The summed E-state index contributed by atoms with van der Waals surface area (Å²) in [4.78, 5) is 17.6. The Bertz CT molecular complexity index is 1120. The molecule has 3 aromatic carbocycles. The van der Waals surface area contributed by atoms with Crippen LogP contribution in [0.15, 0.2) is 97.3 Å². The Morgan fingerprint density at radius 1 is 0.939 bits per heavy atom. The largest absolute Gasteiger partial charge is 0.497 e. The maximum Gasteiger partial charge on any atom is 0.230 e. The molecule has 1 aromatic heterocycles. The van der Waals surface area contributed by atoms with E-state index in [1.54, 1.807) is 25.1 Å². The van der Waals surface area contributed by atoms with E-state index in [1.165, 1.54) is 11.1 Å². The highest BCUT2D eigenvalue weighted by Gasteiger charge is 2.22. The van der Waals surface area contributed by atoms with Crippen molar-refractivity contribution in [2.75, 3.05) is 12.9 Å². The van der Waals surface area contributed by atoms with Gasteiger partial charge in [0.25, 0.3) is 0 Å². The first kappa shape index (κ1) is 22.7. The fourth-order valence-corrected chi connectivity index (χ4v) is 4.85. The number of rotatable bonds is 9. The molecule has 6 heteroatoms. The van der Waals surface area contributed by atoms with Gasteiger partial charge in [-0.25, -0.2) is 4.98 Å². The number of aromatic nitrogens is 2. The zero-order chi connectivity index (χ0) is 23.0. The van der Waals surface area contributed by atoms with Gasteiger partial charge in [-0.2, -0.15) is 0 Å². The van der Waals surface area contributed by atoms with E-state index >= 15 is 0 Å². The van der Waals surface area contributed by atoms with Crippen LogP contribution in [-0.2, 0) is 11.8 Å². The quantitative estimate of drug-likeness (QED) is 0.377. The van der Waals surface area contributed by atoms with E-state index < -0.39 is 0 Å². The Hall–Kier alpha value is -3.51. The number of carbonyl (C=O) groups excluding carboxylic acids is 1. The number of hydrogen-bond acceptors (Lipinski definition) is 4. The second-order valence-electron chi connectivity index (χ2n) is 7.68. The Kier molecular flexibility index (Phi) is 7.47. The lowest BCUT2D eigenvalue weighted by Crippen LogP contribution is -2.32. The number of nitrogens with one attached hydrogen (secondary N) is 1. The molecule has 0 bridgehead atoms. The number of amides is 1. The molecule has 0 radical (unpaired) electrons. The van der Waals surface area contributed by atoms with Crippen LogP contribution < -0.4 is 10.1 Å². The predicted molar refractivity (Wildman–Crippen MR) is 133 cm³/mol. The maximum atomic E-state index is 13.1. The van der Waals surface area contributed by atoms with Gasteiger partial charge >= 0.3 is 0 Å². The van der Waals surface area contributed by atoms with Gasteiger partial charge in [-0.1, -0.05) is 72.8 Å².